The highest BCUT2D eigenvalue weighted by Crippen LogP contribution is 2.25. The van der Waals surface area contributed by atoms with Gasteiger partial charge in [0.05, 0.1) is 6.20 Å². The van der Waals surface area contributed by atoms with Crippen LogP contribution in [0.2, 0.25) is 0 Å². The van der Waals surface area contributed by atoms with Crippen LogP contribution in [-0.4, -0.2) is 24.1 Å². The van der Waals surface area contributed by atoms with Gasteiger partial charge in [-0.15, -0.1) is 5.10 Å². The fourth-order valence-electron chi connectivity index (χ4n) is 0.638. The molecule has 1 rings (SSSR count). The van der Waals surface area contributed by atoms with Crippen LogP contribution in [0.25, 0.3) is 0 Å². The van der Waals surface area contributed by atoms with Crippen molar-refractivity contribution >= 4 is 10.1 Å². The Morgan fingerprint density at radius 3 is 2.47 bits per heavy atom. The Bertz CT molecular complexity index is 457. The van der Waals surface area contributed by atoms with E-state index in [-0.39, 0.29) is 0 Å². The predicted molar refractivity (Wildman–Crippen MR) is 42.4 cm³/mol. The van der Waals surface area contributed by atoms with Crippen LogP contribution in [0.3, 0.4) is 0 Å². The summed E-state index contributed by atoms with van der Waals surface area (Å²) in [6.07, 6.45) is 1.24. The molecule has 0 aliphatic carbocycles. The highest BCUT2D eigenvalue weighted by molar-refractivity contribution is 7.87. The quantitative estimate of drug-likeness (QED) is 0.572. The molecule has 0 aliphatic rings. The second-order valence-electron chi connectivity index (χ2n) is 2.55. The topological polar surface area (TPSA) is 69.2 Å². The summed E-state index contributed by atoms with van der Waals surface area (Å²) in [5, 5.41) is 6.33. The van der Waals surface area contributed by atoms with Gasteiger partial charge in [-0.1, -0.05) is 0 Å². The highest BCUT2D eigenvalue weighted by Gasteiger charge is 2.48. The molecule has 5 nitrogen and oxygen atoms in total. The highest BCUT2D eigenvalue weighted by atomic mass is 32.2. The van der Waals surface area contributed by atoms with Gasteiger partial charge in [-0.3, -0.25) is 0 Å². The molecule has 0 amide bonds. The zero-order valence-electron chi connectivity index (χ0n) is 7.32. The Kier molecular flexibility index (Phi) is 2.84. The Hall–Kier alpha value is -1.38. The van der Waals surface area contributed by atoms with E-state index >= 15 is 0 Å². The van der Waals surface area contributed by atoms with Crippen molar-refractivity contribution in [2.24, 2.45) is 0 Å². The van der Waals surface area contributed by atoms with Crippen LogP contribution in [0.1, 0.15) is 5.56 Å². The largest absolute Gasteiger partial charge is 0.534 e. The van der Waals surface area contributed by atoms with Crippen molar-refractivity contribution in [1.29, 1.82) is 0 Å². The minimum Gasteiger partial charge on any atom is -0.354 e. The molecule has 0 saturated carbocycles. The summed E-state index contributed by atoms with van der Waals surface area (Å²) in [6, 6.07) is 1.02. The van der Waals surface area contributed by atoms with E-state index in [2.05, 4.69) is 14.4 Å². The number of aryl methyl sites for hydroxylation is 1. The van der Waals surface area contributed by atoms with Crippen molar-refractivity contribution < 1.29 is 25.8 Å². The molecule has 9 heteroatoms. The smallest absolute Gasteiger partial charge is 0.354 e. The van der Waals surface area contributed by atoms with E-state index in [9.17, 15) is 21.6 Å². The van der Waals surface area contributed by atoms with Crippen LogP contribution in [-0.2, 0) is 10.1 Å². The number of alkyl halides is 3. The fourth-order valence-corrected chi connectivity index (χ4v) is 1.04. The maximum atomic E-state index is 11.9. The minimum absolute atomic E-state index is 0.428. The number of nitrogens with zero attached hydrogens (tertiary/aromatic N) is 2. The molecule has 0 saturated heterocycles. The summed E-state index contributed by atoms with van der Waals surface area (Å²) in [7, 11) is -5.67. The second kappa shape index (κ2) is 3.65. The molecule has 1 heterocycles. The molecule has 1 aromatic rings. The Morgan fingerprint density at radius 2 is 2.00 bits per heavy atom. The number of aromatic nitrogens is 2. The monoisotopic (exact) mass is 242 g/mol. The molecule has 0 radical (unpaired) electrons. The van der Waals surface area contributed by atoms with E-state index in [1.807, 2.05) is 0 Å². The van der Waals surface area contributed by atoms with Gasteiger partial charge in [0.2, 0.25) is 0 Å². The Morgan fingerprint density at radius 1 is 1.40 bits per heavy atom. The van der Waals surface area contributed by atoms with Crippen LogP contribution >= 0.6 is 0 Å². The molecule has 0 bridgehead atoms. The van der Waals surface area contributed by atoms with Gasteiger partial charge in [0.15, 0.2) is 0 Å². The molecule has 0 aliphatic heterocycles. The molecule has 0 aromatic carbocycles. The average molecular weight is 242 g/mol. The van der Waals surface area contributed by atoms with E-state index in [4.69, 9.17) is 0 Å². The standard InChI is InChI=1S/C6H5F3N2O3S/c1-4-2-5(11-10-3-4)14-15(12,13)6(7,8)9/h2-3H,1H3. The second-order valence-corrected chi connectivity index (χ2v) is 4.09. The summed E-state index contributed by atoms with van der Waals surface area (Å²) in [6.45, 7) is 1.50. The molecule has 1 aromatic heterocycles. The summed E-state index contributed by atoms with van der Waals surface area (Å²) in [5.74, 6) is -0.715. The molecule has 0 unspecified atom stereocenters. The van der Waals surface area contributed by atoms with Gasteiger partial charge in [0.1, 0.15) is 0 Å². The van der Waals surface area contributed by atoms with Crippen molar-refractivity contribution in [2.45, 2.75) is 12.4 Å². The summed E-state index contributed by atoms with van der Waals surface area (Å²) in [4.78, 5) is 0. The molecule has 0 spiro atoms. The van der Waals surface area contributed by atoms with Gasteiger partial charge < -0.3 is 4.18 Å². The third-order valence-electron chi connectivity index (χ3n) is 1.25. The van der Waals surface area contributed by atoms with Gasteiger partial charge in [-0.2, -0.15) is 26.7 Å². The van der Waals surface area contributed by atoms with E-state index in [0.717, 1.165) is 6.07 Å². The maximum Gasteiger partial charge on any atom is 0.534 e. The average Bonchev–Trinajstić information content (AvgIpc) is 2.00. The van der Waals surface area contributed by atoms with Crippen molar-refractivity contribution in [3.05, 3.63) is 17.8 Å². The first kappa shape index (κ1) is 11.7. The van der Waals surface area contributed by atoms with Crippen LogP contribution in [0.5, 0.6) is 5.88 Å². The van der Waals surface area contributed by atoms with E-state index in [1.54, 1.807) is 0 Å². The number of hydrogen-bond donors (Lipinski definition) is 0. The van der Waals surface area contributed by atoms with Crippen molar-refractivity contribution in [2.75, 3.05) is 0 Å². The Balaban J connectivity index is 2.98. The third kappa shape index (κ3) is 2.78. The molecule has 84 valence electrons. The third-order valence-corrected chi connectivity index (χ3v) is 2.20. The zero-order chi connectivity index (χ0) is 11.7. The molecular weight excluding hydrogens is 237 g/mol. The van der Waals surface area contributed by atoms with Gasteiger partial charge >= 0.3 is 15.6 Å². The van der Waals surface area contributed by atoms with E-state index < -0.39 is 21.5 Å². The van der Waals surface area contributed by atoms with Crippen molar-refractivity contribution in [1.82, 2.24) is 10.2 Å². The SMILES string of the molecule is Cc1cnnc(OS(=O)(=O)C(F)(F)F)c1. The van der Waals surface area contributed by atoms with E-state index in [0.29, 0.717) is 5.56 Å². The lowest BCUT2D eigenvalue weighted by molar-refractivity contribution is -0.0501. The molecule has 15 heavy (non-hydrogen) atoms. The molecule has 0 atom stereocenters. The van der Waals surface area contributed by atoms with Crippen molar-refractivity contribution in [3.8, 4) is 5.88 Å². The fraction of sp³-hybridized carbons (Fsp3) is 0.333. The van der Waals surface area contributed by atoms with Crippen LogP contribution in [0, 0.1) is 6.92 Å². The predicted octanol–water partition coefficient (Wildman–Crippen LogP) is 1.01. The summed E-state index contributed by atoms with van der Waals surface area (Å²) >= 11 is 0. The normalized spacial score (nSPS) is 12.5. The van der Waals surface area contributed by atoms with E-state index in [1.165, 1.54) is 13.1 Å². The number of rotatable bonds is 2. The van der Waals surface area contributed by atoms with Crippen LogP contribution in [0.4, 0.5) is 13.2 Å². The van der Waals surface area contributed by atoms with Gasteiger partial charge in [-0.25, -0.2) is 0 Å². The Labute approximate surface area is 83.0 Å². The minimum atomic E-state index is -5.67. The lowest BCUT2D eigenvalue weighted by atomic mass is 10.4. The lowest BCUT2D eigenvalue weighted by Crippen LogP contribution is -2.28. The van der Waals surface area contributed by atoms with Crippen molar-refractivity contribution in [3.63, 3.8) is 0 Å². The van der Waals surface area contributed by atoms with Gasteiger partial charge in [0, 0.05) is 6.07 Å². The van der Waals surface area contributed by atoms with Crippen LogP contribution in [0.15, 0.2) is 12.3 Å². The first-order valence-electron chi connectivity index (χ1n) is 3.52. The summed E-state index contributed by atoms with van der Waals surface area (Å²) in [5.41, 5.74) is -5.05. The molecule has 0 fully saturated rings. The number of halogens is 3. The van der Waals surface area contributed by atoms with Gasteiger partial charge in [-0.05, 0) is 12.5 Å². The molecule has 0 N–H and O–H groups in total. The zero-order valence-corrected chi connectivity index (χ0v) is 8.13. The maximum absolute atomic E-state index is 11.9. The first-order chi connectivity index (χ1) is 6.72. The first-order valence-corrected chi connectivity index (χ1v) is 4.93. The van der Waals surface area contributed by atoms with Crippen LogP contribution < -0.4 is 4.18 Å². The summed E-state index contributed by atoms with van der Waals surface area (Å²) < 4.78 is 60.3. The number of hydrogen-bond acceptors (Lipinski definition) is 5. The molecular formula is C6H5F3N2O3S. The lowest BCUT2D eigenvalue weighted by Gasteiger charge is -2.07. The van der Waals surface area contributed by atoms with Gasteiger partial charge in [0.25, 0.3) is 5.88 Å².